The monoisotopic (exact) mass is 142 g/mol. The molecule has 1 heteroatoms. The third-order valence-corrected chi connectivity index (χ3v) is 3.21. The molecule has 0 saturated heterocycles. The van der Waals surface area contributed by atoms with Crippen LogP contribution in [-0.2, 0) is 0 Å². The minimum atomic E-state index is -0.813. The molecule has 0 aliphatic heterocycles. The van der Waals surface area contributed by atoms with Crippen LogP contribution in [-0.4, -0.2) is 8.07 Å². The highest BCUT2D eigenvalue weighted by atomic mass is 28.3. The first-order valence-corrected chi connectivity index (χ1v) is 7.29. The molecule has 0 aromatic rings. The molecule has 0 radical (unpaired) electrons. The maximum atomic E-state index is 3.77. The van der Waals surface area contributed by atoms with E-state index in [4.69, 9.17) is 0 Å². The van der Waals surface area contributed by atoms with Crippen LogP contribution in [0, 0.1) is 5.92 Å². The molecular weight excluding hydrogens is 124 g/mol. The molecular formula is C8H18Si. The summed E-state index contributed by atoms with van der Waals surface area (Å²) in [4.78, 5) is 0. The van der Waals surface area contributed by atoms with E-state index in [0.717, 1.165) is 5.92 Å². The molecule has 0 rings (SSSR count). The third kappa shape index (κ3) is 5.83. The number of hydrogen-bond donors (Lipinski definition) is 0. The van der Waals surface area contributed by atoms with Gasteiger partial charge in [-0.2, -0.15) is 0 Å². The van der Waals surface area contributed by atoms with Gasteiger partial charge in [0, 0.05) is 8.07 Å². The fourth-order valence-electron chi connectivity index (χ4n) is 1.05. The summed E-state index contributed by atoms with van der Waals surface area (Å²) in [5, 5.41) is 0. The topological polar surface area (TPSA) is 0 Å². The molecule has 54 valence electrons. The summed E-state index contributed by atoms with van der Waals surface area (Å²) in [5.41, 5.74) is 0. The van der Waals surface area contributed by atoms with Gasteiger partial charge in [-0.1, -0.05) is 38.7 Å². The summed E-state index contributed by atoms with van der Waals surface area (Å²) in [7, 11) is -0.813. The van der Waals surface area contributed by atoms with Crippen LogP contribution < -0.4 is 0 Å². The van der Waals surface area contributed by atoms with Crippen molar-refractivity contribution in [2.75, 3.05) is 0 Å². The Bertz CT molecular complexity index is 89.2. The summed E-state index contributed by atoms with van der Waals surface area (Å²) in [6.45, 7) is 13.2. The summed E-state index contributed by atoms with van der Waals surface area (Å²) < 4.78 is 0. The molecule has 0 saturated carbocycles. The lowest BCUT2D eigenvalue weighted by Gasteiger charge is -2.18. The highest BCUT2D eigenvalue weighted by Crippen LogP contribution is 2.16. The van der Waals surface area contributed by atoms with Gasteiger partial charge in [-0.3, -0.25) is 0 Å². The quantitative estimate of drug-likeness (QED) is 0.419. The second-order valence-electron chi connectivity index (χ2n) is 3.98. The van der Waals surface area contributed by atoms with Crippen LogP contribution in [0.25, 0.3) is 0 Å². The van der Waals surface area contributed by atoms with Gasteiger partial charge in [-0.15, -0.1) is 6.58 Å². The van der Waals surface area contributed by atoms with E-state index in [-0.39, 0.29) is 0 Å². The van der Waals surface area contributed by atoms with E-state index in [1.54, 1.807) is 0 Å². The number of rotatable bonds is 3. The first kappa shape index (κ1) is 8.96. The molecule has 1 atom stereocenters. The molecule has 0 N–H and O–H groups in total. The number of allylic oxidation sites excluding steroid dienone is 1. The zero-order valence-electron chi connectivity index (χ0n) is 7.07. The second kappa shape index (κ2) is 3.21. The molecule has 0 aromatic heterocycles. The number of hydrogen-bond acceptors (Lipinski definition) is 0. The Balaban J connectivity index is 3.59. The molecule has 0 bridgehead atoms. The van der Waals surface area contributed by atoms with E-state index in [2.05, 4.69) is 39.2 Å². The van der Waals surface area contributed by atoms with Crippen molar-refractivity contribution >= 4 is 8.07 Å². The Morgan fingerprint density at radius 1 is 1.44 bits per heavy atom. The SMILES string of the molecule is C=CC(C)C[Si](C)(C)C. The van der Waals surface area contributed by atoms with Crippen LogP contribution in [0.2, 0.25) is 25.7 Å². The lowest BCUT2D eigenvalue weighted by molar-refractivity contribution is 0.813. The average Bonchev–Trinajstić information content (AvgIpc) is 1.62. The first-order valence-electron chi connectivity index (χ1n) is 3.58. The van der Waals surface area contributed by atoms with Crippen LogP contribution in [0.1, 0.15) is 6.92 Å². The minimum Gasteiger partial charge on any atom is -0.103 e. The highest BCUT2D eigenvalue weighted by Gasteiger charge is 2.14. The Morgan fingerprint density at radius 3 is 2.00 bits per heavy atom. The summed E-state index contributed by atoms with van der Waals surface area (Å²) in [6, 6.07) is 1.37. The minimum absolute atomic E-state index is 0.719. The Kier molecular flexibility index (Phi) is 3.19. The Hall–Kier alpha value is -0.0431. The maximum absolute atomic E-state index is 3.77. The zero-order chi connectivity index (χ0) is 7.49. The molecule has 0 aliphatic rings. The fraction of sp³-hybridized carbons (Fsp3) is 0.750. The molecule has 0 nitrogen and oxygen atoms in total. The molecule has 0 amide bonds. The smallest absolute Gasteiger partial charge is 0.0448 e. The average molecular weight is 142 g/mol. The standard InChI is InChI=1S/C8H18Si/c1-6-8(2)7-9(3,4)5/h6,8H,1,7H2,2-5H3. The van der Waals surface area contributed by atoms with Gasteiger partial charge in [-0.05, 0) is 5.92 Å². The van der Waals surface area contributed by atoms with E-state index in [9.17, 15) is 0 Å². The van der Waals surface area contributed by atoms with Crippen molar-refractivity contribution in [1.29, 1.82) is 0 Å². The van der Waals surface area contributed by atoms with Crippen molar-refractivity contribution in [3.05, 3.63) is 12.7 Å². The summed E-state index contributed by atoms with van der Waals surface area (Å²) in [5.74, 6) is 0.719. The normalized spacial score (nSPS) is 15.1. The molecule has 9 heavy (non-hydrogen) atoms. The van der Waals surface area contributed by atoms with Gasteiger partial charge in [0.15, 0.2) is 0 Å². The van der Waals surface area contributed by atoms with Crippen molar-refractivity contribution in [2.24, 2.45) is 5.92 Å². The first-order chi connectivity index (χ1) is 3.95. The molecule has 0 heterocycles. The van der Waals surface area contributed by atoms with Crippen LogP contribution in [0.4, 0.5) is 0 Å². The second-order valence-corrected chi connectivity index (χ2v) is 9.51. The lowest BCUT2D eigenvalue weighted by Crippen LogP contribution is -2.21. The Labute approximate surface area is 60.0 Å². The van der Waals surface area contributed by atoms with Gasteiger partial charge in [0.25, 0.3) is 0 Å². The van der Waals surface area contributed by atoms with Crippen molar-refractivity contribution in [3.8, 4) is 0 Å². The van der Waals surface area contributed by atoms with E-state index in [1.807, 2.05) is 0 Å². The van der Waals surface area contributed by atoms with E-state index in [1.165, 1.54) is 6.04 Å². The summed E-state index contributed by atoms with van der Waals surface area (Å²) in [6.07, 6.45) is 2.05. The van der Waals surface area contributed by atoms with Gasteiger partial charge < -0.3 is 0 Å². The van der Waals surface area contributed by atoms with Crippen molar-refractivity contribution in [3.63, 3.8) is 0 Å². The van der Waals surface area contributed by atoms with Crippen LogP contribution in [0.5, 0.6) is 0 Å². The van der Waals surface area contributed by atoms with Crippen LogP contribution >= 0.6 is 0 Å². The zero-order valence-corrected chi connectivity index (χ0v) is 8.07. The van der Waals surface area contributed by atoms with Gasteiger partial charge in [0.05, 0.1) is 0 Å². The van der Waals surface area contributed by atoms with Crippen molar-refractivity contribution < 1.29 is 0 Å². The largest absolute Gasteiger partial charge is 0.103 e. The van der Waals surface area contributed by atoms with Crippen LogP contribution in [0.3, 0.4) is 0 Å². The van der Waals surface area contributed by atoms with Gasteiger partial charge in [0.1, 0.15) is 0 Å². The van der Waals surface area contributed by atoms with Gasteiger partial charge >= 0.3 is 0 Å². The predicted molar refractivity (Wildman–Crippen MR) is 47.5 cm³/mol. The molecule has 0 aliphatic carbocycles. The van der Waals surface area contributed by atoms with Crippen molar-refractivity contribution in [1.82, 2.24) is 0 Å². The van der Waals surface area contributed by atoms with Crippen LogP contribution in [0.15, 0.2) is 12.7 Å². The van der Waals surface area contributed by atoms with E-state index < -0.39 is 8.07 Å². The lowest BCUT2D eigenvalue weighted by atomic mass is 10.2. The fourth-order valence-corrected chi connectivity index (χ4v) is 3.15. The Morgan fingerprint density at radius 2 is 1.89 bits per heavy atom. The van der Waals surface area contributed by atoms with E-state index >= 15 is 0 Å². The van der Waals surface area contributed by atoms with Crippen molar-refractivity contribution in [2.45, 2.75) is 32.6 Å². The molecule has 0 fully saturated rings. The van der Waals surface area contributed by atoms with E-state index in [0.29, 0.717) is 0 Å². The van der Waals surface area contributed by atoms with Gasteiger partial charge in [-0.25, -0.2) is 0 Å². The highest BCUT2D eigenvalue weighted by molar-refractivity contribution is 6.76. The molecule has 0 spiro atoms. The third-order valence-electron chi connectivity index (χ3n) is 1.34. The predicted octanol–water partition coefficient (Wildman–Crippen LogP) is 3.15. The van der Waals surface area contributed by atoms with Gasteiger partial charge in [0.2, 0.25) is 0 Å². The maximum Gasteiger partial charge on any atom is 0.0448 e. The summed E-state index contributed by atoms with van der Waals surface area (Å²) >= 11 is 0. The molecule has 0 aromatic carbocycles. The molecule has 1 unspecified atom stereocenters.